The minimum atomic E-state index is -4.02. The summed E-state index contributed by atoms with van der Waals surface area (Å²) in [4.78, 5) is 36.1. The third kappa shape index (κ3) is 7.85. The molecule has 0 saturated carbocycles. The van der Waals surface area contributed by atoms with Crippen LogP contribution in [-0.4, -0.2) is 38.3 Å². The van der Waals surface area contributed by atoms with Gasteiger partial charge in [-0.05, 0) is 61.4 Å². The second-order valence-electron chi connectivity index (χ2n) is 7.62. The fraction of sp³-hybridized carbons (Fsp3) is 0.318. The summed E-state index contributed by atoms with van der Waals surface area (Å²) in [6.45, 7) is 6.06. The Morgan fingerprint density at radius 1 is 0.879 bits per heavy atom. The molecule has 0 spiro atoms. The first-order chi connectivity index (χ1) is 15.4. The standard InChI is InChI=1S/C22H26ClN3O6S/c1-13(2)20(26-33(30,31)19-11-5-16(23)6-12-19)22(29)32-14(3)21(28)25-18-9-7-17(8-10-18)24-15(4)27/h5-14,20,26H,1-4H3,(H,24,27)(H,25,28)/t14-,20+/m0/s1. The van der Waals surface area contributed by atoms with E-state index in [2.05, 4.69) is 15.4 Å². The summed E-state index contributed by atoms with van der Waals surface area (Å²) in [6.07, 6.45) is -1.19. The van der Waals surface area contributed by atoms with Gasteiger partial charge in [-0.1, -0.05) is 25.4 Å². The zero-order valence-electron chi connectivity index (χ0n) is 18.6. The topological polar surface area (TPSA) is 131 Å². The zero-order chi connectivity index (χ0) is 24.8. The van der Waals surface area contributed by atoms with Gasteiger partial charge in [0.15, 0.2) is 6.10 Å². The van der Waals surface area contributed by atoms with Crippen molar-refractivity contribution in [1.29, 1.82) is 0 Å². The largest absolute Gasteiger partial charge is 0.451 e. The van der Waals surface area contributed by atoms with Crippen LogP contribution in [0.1, 0.15) is 27.7 Å². The number of carbonyl (C=O) groups is 3. The van der Waals surface area contributed by atoms with Crippen molar-refractivity contribution in [2.24, 2.45) is 5.92 Å². The second-order valence-corrected chi connectivity index (χ2v) is 9.77. The van der Waals surface area contributed by atoms with Crippen molar-refractivity contribution in [1.82, 2.24) is 4.72 Å². The lowest BCUT2D eigenvalue weighted by Gasteiger charge is -2.23. The van der Waals surface area contributed by atoms with Crippen molar-refractivity contribution >= 4 is 50.8 Å². The highest BCUT2D eigenvalue weighted by Gasteiger charge is 2.32. The van der Waals surface area contributed by atoms with Crippen LogP contribution in [0.5, 0.6) is 0 Å². The van der Waals surface area contributed by atoms with E-state index in [0.717, 1.165) is 0 Å². The van der Waals surface area contributed by atoms with Crippen LogP contribution in [0.2, 0.25) is 5.02 Å². The molecule has 2 amide bonds. The fourth-order valence-electron chi connectivity index (χ4n) is 2.69. The van der Waals surface area contributed by atoms with Gasteiger partial charge in [0, 0.05) is 23.3 Å². The van der Waals surface area contributed by atoms with Crippen molar-refractivity contribution in [2.45, 2.75) is 44.7 Å². The Labute approximate surface area is 197 Å². The highest BCUT2D eigenvalue weighted by Crippen LogP contribution is 2.17. The number of benzene rings is 2. The minimum Gasteiger partial charge on any atom is -0.451 e. The van der Waals surface area contributed by atoms with Crippen molar-refractivity contribution in [3.63, 3.8) is 0 Å². The van der Waals surface area contributed by atoms with Gasteiger partial charge in [-0.2, -0.15) is 4.72 Å². The van der Waals surface area contributed by atoms with Gasteiger partial charge < -0.3 is 15.4 Å². The van der Waals surface area contributed by atoms with E-state index in [1.165, 1.54) is 38.1 Å². The lowest BCUT2D eigenvalue weighted by atomic mass is 10.1. The van der Waals surface area contributed by atoms with E-state index in [9.17, 15) is 22.8 Å². The fourth-order valence-corrected chi connectivity index (χ4v) is 4.15. The SMILES string of the molecule is CC(=O)Nc1ccc(NC(=O)[C@H](C)OC(=O)[C@H](NS(=O)(=O)c2ccc(Cl)cc2)C(C)C)cc1. The number of nitrogens with one attached hydrogen (secondary N) is 3. The number of esters is 1. The summed E-state index contributed by atoms with van der Waals surface area (Å²) >= 11 is 5.80. The van der Waals surface area contributed by atoms with E-state index < -0.39 is 40.0 Å². The van der Waals surface area contributed by atoms with Gasteiger partial charge in [-0.15, -0.1) is 0 Å². The van der Waals surface area contributed by atoms with Gasteiger partial charge >= 0.3 is 5.97 Å². The normalized spacial score (nSPS) is 13.2. The Bertz CT molecular complexity index is 1100. The molecule has 0 aliphatic rings. The van der Waals surface area contributed by atoms with Crippen LogP contribution < -0.4 is 15.4 Å². The molecule has 0 aromatic heterocycles. The summed E-state index contributed by atoms with van der Waals surface area (Å²) < 4.78 is 32.9. The number of hydrogen-bond acceptors (Lipinski definition) is 6. The maximum Gasteiger partial charge on any atom is 0.325 e. The van der Waals surface area contributed by atoms with Gasteiger partial charge in [0.25, 0.3) is 5.91 Å². The number of carbonyl (C=O) groups excluding carboxylic acids is 3. The summed E-state index contributed by atoms with van der Waals surface area (Å²) in [6, 6.07) is 10.6. The molecule has 0 fully saturated rings. The average Bonchev–Trinajstić information content (AvgIpc) is 2.73. The van der Waals surface area contributed by atoms with Crippen LogP contribution in [0, 0.1) is 5.92 Å². The van der Waals surface area contributed by atoms with E-state index >= 15 is 0 Å². The molecule has 0 radical (unpaired) electrons. The molecule has 9 nitrogen and oxygen atoms in total. The second kappa shape index (κ2) is 11.3. The number of rotatable bonds is 9. The van der Waals surface area contributed by atoms with Crippen LogP contribution in [0.15, 0.2) is 53.4 Å². The molecule has 2 aromatic carbocycles. The van der Waals surface area contributed by atoms with E-state index in [-0.39, 0.29) is 10.8 Å². The number of ether oxygens (including phenoxy) is 1. The van der Waals surface area contributed by atoms with Gasteiger partial charge in [-0.3, -0.25) is 14.4 Å². The smallest absolute Gasteiger partial charge is 0.325 e. The first kappa shape index (κ1) is 26.3. The predicted molar refractivity (Wildman–Crippen MR) is 125 cm³/mol. The number of sulfonamides is 1. The average molecular weight is 496 g/mol. The van der Waals surface area contributed by atoms with Crippen LogP contribution in [0.3, 0.4) is 0 Å². The molecule has 178 valence electrons. The number of anilines is 2. The molecule has 0 unspecified atom stereocenters. The Balaban J connectivity index is 2.03. The molecule has 2 rings (SSSR count). The van der Waals surface area contributed by atoms with Gasteiger partial charge in [0.2, 0.25) is 15.9 Å². The molecular weight excluding hydrogens is 470 g/mol. The van der Waals surface area contributed by atoms with E-state index in [4.69, 9.17) is 16.3 Å². The molecule has 0 aliphatic heterocycles. The third-order valence-corrected chi connectivity index (χ3v) is 6.17. The number of hydrogen-bond donors (Lipinski definition) is 3. The van der Waals surface area contributed by atoms with Crippen LogP contribution >= 0.6 is 11.6 Å². The monoisotopic (exact) mass is 495 g/mol. The predicted octanol–water partition coefficient (Wildman–Crippen LogP) is 3.17. The van der Waals surface area contributed by atoms with E-state index in [0.29, 0.717) is 16.4 Å². The highest BCUT2D eigenvalue weighted by molar-refractivity contribution is 7.89. The van der Waals surface area contributed by atoms with Crippen molar-refractivity contribution < 1.29 is 27.5 Å². The van der Waals surface area contributed by atoms with Crippen LogP contribution in [0.25, 0.3) is 0 Å². The number of halogens is 1. The molecule has 11 heteroatoms. The third-order valence-electron chi connectivity index (χ3n) is 4.46. The lowest BCUT2D eigenvalue weighted by Crippen LogP contribution is -2.47. The first-order valence-corrected chi connectivity index (χ1v) is 11.9. The highest BCUT2D eigenvalue weighted by atomic mass is 35.5. The molecule has 2 atom stereocenters. The summed E-state index contributed by atoms with van der Waals surface area (Å²) in [7, 11) is -4.02. The van der Waals surface area contributed by atoms with Crippen LogP contribution in [-0.2, 0) is 29.1 Å². The van der Waals surface area contributed by atoms with Gasteiger partial charge in [0.1, 0.15) is 6.04 Å². The van der Waals surface area contributed by atoms with Crippen molar-refractivity contribution in [3.05, 3.63) is 53.6 Å². The summed E-state index contributed by atoms with van der Waals surface area (Å²) in [5.74, 6) is -2.15. The minimum absolute atomic E-state index is 0.0566. The molecule has 2 aromatic rings. The molecule has 0 saturated heterocycles. The Hall–Kier alpha value is -2.95. The summed E-state index contributed by atoms with van der Waals surface area (Å²) in [5, 5.41) is 5.58. The zero-order valence-corrected chi connectivity index (χ0v) is 20.2. The molecule has 0 heterocycles. The van der Waals surface area contributed by atoms with Crippen molar-refractivity contribution in [2.75, 3.05) is 10.6 Å². The molecule has 3 N–H and O–H groups in total. The Morgan fingerprint density at radius 2 is 1.39 bits per heavy atom. The van der Waals surface area contributed by atoms with Gasteiger partial charge in [0.05, 0.1) is 4.90 Å². The Kier molecular flexibility index (Phi) is 8.98. The van der Waals surface area contributed by atoms with E-state index in [1.54, 1.807) is 38.1 Å². The quantitative estimate of drug-likeness (QED) is 0.458. The van der Waals surface area contributed by atoms with E-state index in [1.807, 2.05) is 0 Å². The van der Waals surface area contributed by atoms with Gasteiger partial charge in [-0.25, -0.2) is 8.42 Å². The Morgan fingerprint density at radius 3 is 1.88 bits per heavy atom. The molecule has 0 aliphatic carbocycles. The molecule has 33 heavy (non-hydrogen) atoms. The lowest BCUT2D eigenvalue weighted by molar-refractivity contribution is -0.155. The molecule has 0 bridgehead atoms. The molecular formula is C22H26ClN3O6S. The first-order valence-electron chi connectivity index (χ1n) is 10.1. The maximum absolute atomic E-state index is 12.7. The maximum atomic E-state index is 12.7. The van der Waals surface area contributed by atoms with Crippen molar-refractivity contribution in [3.8, 4) is 0 Å². The van der Waals surface area contributed by atoms with Crippen LogP contribution in [0.4, 0.5) is 11.4 Å². The summed E-state index contributed by atoms with van der Waals surface area (Å²) in [5.41, 5.74) is 0.994. The number of amides is 2.